The van der Waals surface area contributed by atoms with Crippen molar-refractivity contribution >= 4 is 29.1 Å². The Kier molecular flexibility index (Phi) is 5.52. The molecule has 3 N–H and O–H groups in total. The van der Waals surface area contributed by atoms with Crippen molar-refractivity contribution in [3.05, 3.63) is 51.7 Å². The number of rotatable bonds is 4. The zero-order valence-electron chi connectivity index (χ0n) is 14.0. The van der Waals surface area contributed by atoms with Gasteiger partial charge in [-0.25, -0.2) is 0 Å². The van der Waals surface area contributed by atoms with Gasteiger partial charge in [0, 0.05) is 30.8 Å². The summed E-state index contributed by atoms with van der Waals surface area (Å²) in [5, 5.41) is 11.6. The number of nitrogens with zero attached hydrogens (tertiary/aromatic N) is 1. The summed E-state index contributed by atoms with van der Waals surface area (Å²) in [5.74, 6) is -1.34. The number of hydrazine groups is 1. The molecule has 1 aliphatic heterocycles. The first-order valence-corrected chi connectivity index (χ1v) is 9.13. The Hall–Kier alpha value is -2.87. The summed E-state index contributed by atoms with van der Waals surface area (Å²) in [6.07, 6.45) is 0.909. The minimum Gasteiger partial charge on any atom is -0.507 e. The van der Waals surface area contributed by atoms with Crippen LogP contribution in [0.4, 0.5) is 0 Å². The van der Waals surface area contributed by atoms with Crippen LogP contribution in [-0.4, -0.2) is 34.3 Å². The molecule has 3 amide bonds. The number of hydrogen-bond donors (Lipinski definition) is 3. The van der Waals surface area contributed by atoms with Crippen LogP contribution in [0.25, 0.3) is 0 Å². The second-order valence-corrected chi connectivity index (χ2v) is 6.95. The van der Waals surface area contributed by atoms with Crippen molar-refractivity contribution in [3.63, 3.8) is 0 Å². The van der Waals surface area contributed by atoms with Gasteiger partial charge in [0.1, 0.15) is 5.75 Å². The van der Waals surface area contributed by atoms with E-state index in [0.29, 0.717) is 13.1 Å². The number of fused-ring (bicyclic) bond motifs is 1. The molecule has 26 heavy (non-hydrogen) atoms. The van der Waals surface area contributed by atoms with Crippen LogP contribution in [0.5, 0.6) is 5.75 Å². The molecule has 0 saturated heterocycles. The van der Waals surface area contributed by atoms with Crippen molar-refractivity contribution < 1.29 is 19.5 Å². The number of phenols is 1. The molecule has 2 aromatic rings. The molecule has 0 radical (unpaired) electrons. The van der Waals surface area contributed by atoms with Gasteiger partial charge < -0.3 is 10.0 Å². The van der Waals surface area contributed by atoms with Crippen LogP contribution in [0.15, 0.2) is 35.7 Å². The lowest BCUT2D eigenvalue weighted by Crippen LogP contribution is -2.42. The normalized spacial score (nSPS) is 13.0. The first-order valence-electron chi connectivity index (χ1n) is 8.25. The van der Waals surface area contributed by atoms with Crippen LogP contribution in [0.2, 0.25) is 0 Å². The summed E-state index contributed by atoms with van der Waals surface area (Å²) >= 11 is 1.71. The molecule has 1 aromatic heterocycles. The fourth-order valence-corrected chi connectivity index (χ4v) is 3.65. The molecular formula is C18H19N3O4S. The smallest absolute Gasteiger partial charge is 0.273 e. The zero-order valence-corrected chi connectivity index (χ0v) is 14.8. The van der Waals surface area contributed by atoms with Crippen LogP contribution in [0, 0.1) is 0 Å². The number of nitrogens with one attached hydrogen (secondary N) is 2. The third kappa shape index (κ3) is 4.20. The molecule has 2 heterocycles. The van der Waals surface area contributed by atoms with Crippen LogP contribution in [-0.2, 0) is 22.6 Å². The lowest BCUT2D eigenvalue weighted by molar-refractivity contribution is -0.134. The number of hydrogen-bond acceptors (Lipinski definition) is 5. The number of aromatic hydroxyl groups is 1. The monoisotopic (exact) mass is 373 g/mol. The number of carbonyl (C=O) groups excluding carboxylic acids is 3. The standard InChI is InChI=1S/C18H19N3O4S/c22-14-4-2-1-3-13(14)18(25)20-19-16(23)5-6-17(24)21-9-7-15-12(11-21)8-10-26-15/h1-4,8,10,22H,5-7,9,11H2,(H,19,23)(H,20,25). The van der Waals surface area contributed by atoms with Crippen molar-refractivity contribution in [2.24, 2.45) is 0 Å². The van der Waals surface area contributed by atoms with Crippen molar-refractivity contribution in [2.45, 2.75) is 25.8 Å². The average molecular weight is 373 g/mol. The molecule has 0 bridgehead atoms. The topological polar surface area (TPSA) is 98.7 Å². The highest BCUT2D eigenvalue weighted by Gasteiger charge is 2.22. The summed E-state index contributed by atoms with van der Waals surface area (Å²) in [6, 6.07) is 8.05. The van der Waals surface area contributed by atoms with Gasteiger partial charge in [-0.05, 0) is 35.6 Å². The lowest BCUT2D eigenvalue weighted by atomic mass is 10.1. The Labute approximate surface area is 154 Å². The first-order chi connectivity index (χ1) is 12.5. The van der Waals surface area contributed by atoms with Gasteiger partial charge in [0.2, 0.25) is 11.8 Å². The number of carbonyl (C=O) groups is 3. The van der Waals surface area contributed by atoms with E-state index in [0.717, 1.165) is 6.42 Å². The number of amides is 3. The lowest BCUT2D eigenvalue weighted by Gasteiger charge is -2.27. The summed E-state index contributed by atoms with van der Waals surface area (Å²) < 4.78 is 0. The van der Waals surface area contributed by atoms with Gasteiger partial charge in [-0.2, -0.15) is 0 Å². The molecule has 7 nitrogen and oxygen atoms in total. The maximum absolute atomic E-state index is 12.3. The van der Waals surface area contributed by atoms with Gasteiger partial charge in [0.15, 0.2) is 0 Å². The summed E-state index contributed by atoms with van der Waals surface area (Å²) in [7, 11) is 0. The highest BCUT2D eigenvalue weighted by Crippen LogP contribution is 2.24. The summed E-state index contributed by atoms with van der Waals surface area (Å²) in [6.45, 7) is 1.25. The van der Waals surface area contributed by atoms with Gasteiger partial charge in [-0.1, -0.05) is 12.1 Å². The van der Waals surface area contributed by atoms with Crippen molar-refractivity contribution in [1.29, 1.82) is 0 Å². The molecule has 3 rings (SSSR count). The third-order valence-corrected chi connectivity index (χ3v) is 5.21. The molecule has 0 saturated carbocycles. The van der Waals surface area contributed by atoms with E-state index in [4.69, 9.17) is 0 Å². The Morgan fingerprint density at radius 2 is 1.92 bits per heavy atom. The molecule has 0 fully saturated rings. The van der Waals surface area contributed by atoms with Gasteiger partial charge in [-0.15, -0.1) is 11.3 Å². The van der Waals surface area contributed by atoms with Gasteiger partial charge in [-0.3, -0.25) is 25.2 Å². The summed E-state index contributed by atoms with van der Waals surface area (Å²) in [4.78, 5) is 39.1. The van der Waals surface area contributed by atoms with Gasteiger partial charge in [0.25, 0.3) is 5.91 Å². The van der Waals surface area contributed by atoms with E-state index in [2.05, 4.69) is 10.9 Å². The van der Waals surface area contributed by atoms with E-state index in [1.165, 1.54) is 22.6 Å². The molecule has 1 aliphatic rings. The Morgan fingerprint density at radius 1 is 1.12 bits per heavy atom. The van der Waals surface area contributed by atoms with Crippen LogP contribution in [0.3, 0.4) is 0 Å². The predicted molar refractivity (Wildman–Crippen MR) is 96.4 cm³/mol. The van der Waals surface area contributed by atoms with E-state index in [1.807, 2.05) is 11.4 Å². The summed E-state index contributed by atoms with van der Waals surface area (Å²) in [5.41, 5.74) is 5.72. The van der Waals surface area contributed by atoms with Gasteiger partial charge in [0.05, 0.1) is 5.56 Å². The van der Waals surface area contributed by atoms with Crippen LogP contribution < -0.4 is 10.9 Å². The van der Waals surface area contributed by atoms with E-state index in [9.17, 15) is 19.5 Å². The molecule has 0 atom stereocenters. The molecular weight excluding hydrogens is 354 g/mol. The van der Waals surface area contributed by atoms with E-state index >= 15 is 0 Å². The Morgan fingerprint density at radius 3 is 2.73 bits per heavy atom. The van der Waals surface area contributed by atoms with Crippen molar-refractivity contribution in [3.8, 4) is 5.75 Å². The second-order valence-electron chi connectivity index (χ2n) is 5.95. The first kappa shape index (κ1) is 17.9. The van der Waals surface area contributed by atoms with E-state index in [-0.39, 0.29) is 30.1 Å². The third-order valence-electron chi connectivity index (χ3n) is 4.19. The van der Waals surface area contributed by atoms with Crippen LogP contribution in [0.1, 0.15) is 33.6 Å². The van der Waals surface area contributed by atoms with Crippen LogP contribution >= 0.6 is 11.3 Å². The number of phenolic OH excluding ortho intramolecular Hbond substituents is 1. The van der Waals surface area contributed by atoms with E-state index in [1.54, 1.807) is 28.4 Å². The molecule has 136 valence electrons. The Bertz CT molecular complexity index is 833. The van der Waals surface area contributed by atoms with Crippen molar-refractivity contribution in [1.82, 2.24) is 15.8 Å². The SMILES string of the molecule is O=C(CCC(=O)N1CCc2sccc2C1)NNC(=O)c1ccccc1O. The average Bonchev–Trinajstić information content (AvgIpc) is 3.12. The number of benzene rings is 1. The minimum absolute atomic E-state index is 0.0210. The molecule has 0 aliphatic carbocycles. The minimum atomic E-state index is -0.621. The maximum Gasteiger partial charge on any atom is 0.273 e. The predicted octanol–water partition coefficient (Wildman–Crippen LogP) is 1.58. The second kappa shape index (κ2) is 8.01. The molecule has 8 heteroatoms. The highest BCUT2D eigenvalue weighted by molar-refractivity contribution is 7.10. The quantitative estimate of drug-likeness (QED) is 0.709. The fraction of sp³-hybridized carbons (Fsp3) is 0.278. The van der Waals surface area contributed by atoms with Crippen molar-refractivity contribution in [2.75, 3.05) is 6.54 Å². The molecule has 0 spiro atoms. The van der Waals surface area contributed by atoms with E-state index < -0.39 is 11.8 Å². The van der Waals surface area contributed by atoms with Gasteiger partial charge >= 0.3 is 0 Å². The Balaban J connectivity index is 1.42. The number of thiophene rings is 1. The molecule has 1 aromatic carbocycles. The zero-order chi connectivity index (χ0) is 18.5. The largest absolute Gasteiger partial charge is 0.507 e. The maximum atomic E-state index is 12.3. The number of para-hydroxylation sites is 1. The fourth-order valence-electron chi connectivity index (χ4n) is 2.76. The molecule has 0 unspecified atom stereocenters. The highest BCUT2D eigenvalue weighted by atomic mass is 32.1.